The molecule has 0 radical (unpaired) electrons. The first-order valence-electron chi connectivity index (χ1n) is 12.0. The third-order valence-electron chi connectivity index (χ3n) is 6.58. The smallest absolute Gasteiger partial charge is 0.417 e. The zero-order chi connectivity index (χ0) is 26.5. The molecule has 2 aliphatic heterocycles. The number of nitrogens with two attached hydrogens (primary N) is 1. The molecule has 2 aromatic heterocycles. The fourth-order valence-corrected chi connectivity index (χ4v) is 4.50. The first-order valence-corrected chi connectivity index (χ1v) is 12.0. The Balaban J connectivity index is 1.84. The summed E-state index contributed by atoms with van der Waals surface area (Å²) in [5.74, 6) is -1.94. The van der Waals surface area contributed by atoms with Crippen LogP contribution in [-0.4, -0.2) is 53.8 Å². The first kappa shape index (κ1) is 25.2. The molecule has 0 spiro atoms. The summed E-state index contributed by atoms with van der Waals surface area (Å²) in [4.78, 5) is 15.0. The average molecular weight is 524 g/mol. The Morgan fingerprint density at radius 1 is 1.08 bits per heavy atom. The van der Waals surface area contributed by atoms with Crippen molar-refractivity contribution in [1.82, 2.24) is 20.3 Å². The van der Waals surface area contributed by atoms with Gasteiger partial charge in [-0.1, -0.05) is 0 Å². The molecule has 4 N–H and O–H groups in total. The number of ether oxygens (including phenoxy) is 1. The Bertz CT molecular complexity index is 1360. The molecule has 0 bridgehead atoms. The van der Waals surface area contributed by atoms with E-state index in [2.05, 4.69) is 25.6 Å². The van der Waals surface area contributed by atoms with Crippen molar-refractivity contribution in [1.29, 1.82) is 0 Å². The van der Waals surface area contributed by atoms with E-state index in [1.54, 1.807) is 6.92 Å². The van der Waals surface area contributed by atoms with Gasteiger partial charge in [-0.3, -0.25) is 0 Å². The summed E-state index contributed by atoms with van der Waals surface area (Å²) in [6, 6.07) is 0.754. The highest BCUT2D eigenvalue weighted by Gasteiger charge is 2.39. The molecule has 198 valence electrons. The van der Waals surface area contributed by atoms with Gasteiger partial charge < -0.3 is 26.0 Å². The van der Waals surface area contributed by atoms with Gasteiger partial charge in [0.25, 0.3) is 0 Å². The van der Waals surface area contributed by atoms with Crippen molar-refractivity contribution in [2.45, 2.75) is 39.0 Å². The van der Waals surface area contributed by atoms with Crippen molar-refractivity contribution >= 4 is 28.4 Å². The van der Waals surface area contributed by atoms with E-state index in [4.69, 9.17) is 10.5 Å². The van der Waals surface area contributed by atoms with Gasteiger partial charge in [-0.15, -0.1) is 0 Å². The van der Waals surface area contributed by atoms with Crippen LogP contribution in [0.4, 0.5) is 39.4 Å². The van der Waals surface area contributed by atoms with E-state index in [1.165, 1.54) is 0 Å². The third kappa shape index (κ3) is 4.56. The second-order valence-corrected chi connectivity index (χ2v) is 9.23. The summed E-state index contributed by atoms with van der Waals surface area (Å²) in [5.41, 5.74) is 1.41. The number of anilines is 3. The Morgan fingerprint density at radius 3 is 2.51 bits per heavy atom. The molecule has 37 heavy (non-hydrogen) atoms. The second kappa shape index (κ2) is 9.43. The van der Waals surface area contributed by atoms with Crippen LogP contribution in [0.15, 0.2) is 6.07 Å². The number of pyridine rings is 1. The largest absolute Gasteiger partial charge is 0.474 e. The number of benzene rings is 1. The van der Waals surface area contributed by atoms with Gasteiger partial charge in [-0.2, -0.15) is 18.2 Å². The molecule has 1 fully saturated rings. The third-order valence-corrected chi connectivity index (χ3v) is 6.58. The van der Waals surface area contributed by atoms with Crippen LogP contribution in [0.1, 0.15) is 30.9 Å². The van der Waals surface area contributed by atoms with Gasteiger partial charge in [0.15, 0.2) is 5.82 Å². The lowest BCUT2D eigenvalue weighted by Gasteiger charge is -2.31. The molecule has 3 aromatic rings. The predicted octanol–water partition coefficient (Wildman–Crippen LogP) is 4.26. The molecule has 13 heteroatoms. The van der Waals surface area contributed by atoms with Crippen LogP contribution < -0.4 is 26.0 Å². The van der Waals surface area contributed by atoms with Gasteiger partial charge >= 0.3 is 6.18 Å². The van der Waals surface area contributed by atoms with Crippen molar-refractivity contribution in [3.05, 3.63) is 28.8 Å². The monoisotopic (exact) mass is 523 g/mol. The normalized spacial score (nSPS) is 18.6. The molecule has 5 rings (SSSR count). The quantitative estimate of drug-likeness (QED) is 0.339. The zero-order valence-corrected chi connectivity index (χ0v) is 20.3. The molecular weight excluding hydrogens is 497 g/mol. The number of alkyl halides is 3. The number of nitrogens with one attached hydrogen (secondary N) is 2. The molecule has 0 unspecified atom stereocenters. The van der Waals surface area contributed by atoms with Gasteiger partial charge in [-0.25, -0.2) is 18.7 Å². The molecule has 1 aromatic carbocycles. The maximum absolute atomic E-state index is 16.2. The first-order chi connectivity index (χ1) is 17.6. The molecule has 1 atom stereocenters. The van der Waals surface area contributed by atoms with Gasteiger partial charge in [0, 0.05) is 31.7 Å². The number of nitrogens with zero attached hydrogens (tertiary/aromatic N) is 4. The van der Waals surface area contributed by atoms with E-state index in [1.807, 2.05) is 4.90 Å². The van der Waals surface area contributed by atoms with Crippen LogP contribution in [0, 0.1) is 18.6 Å². The lowest BCUT2D eigenvalue weighted by atomic mass is 9.96. The molecule has 2 aliphatic rings. The highest BCUT2D eigenvalue weighted by atomic mass is 19.4. The Kier molecular flexibility index (Phi) is 6.42. The summed E-state index contributed by atoms with van der Waals surface area (Å²) in [5, 5.41) is 6.54. The highest BCUT2D eigenvalue weighted by molar-refractivity contribution is 5.97. The Morgan fingerprint density at radius 2 is 1.84 bits per heavy atom. The summed E-state index contributed by atoms with van der Waals surface area (Å²) >= 11 is 0. The maximum Gasteiger partial charge on any atom is 0.417 e. The maximum atomic E-state index is 16.2. The van der Waals surface area contributed by atoms with E-state index in [0.717, 1.165) is 19.4 Å². The molecular formula is C24H26F5N7O. The molecule has 8 nitrogen and oxygen atoms in total. The van der Waals surface area contributed by atoms with Gasteiger partial charge in [0.2, 0.25) is 11.8 Å². The minimum absolute atomic E-state index is 0.118. The number of rotatable bonds is 2. The van der Waals surface area contributed by atoms with Crippen molar-refractivity contribution < 1.29 is 26.7 Å². The van der Waals surface area contributed by atoms with E-state index in [0.29, 0.717) is 39.1 Å². The predicted molar refractivity (Wildman–Crippen MR) is 130 cm³/mol. The standard InChI is InChI=1S/C24H26F5N7O/c1-11-4-5-31-6-7-32-21-15-20(34-23(35-21)36-8-3-9-36)18(26)19(33-22(15)37-11)13-10-14(30)17(25)12(2)16(13)24(27,28)29/h10-11,31H,3-9,30H2,1-2H3,(H,32,34,35)/t11-/m0/s1. The Labute approximate surface area is 209 Å². The zero-order valence-electron chi connectivity index (χ0n) is 20.3. The lowest BCUT2D eigenvalue weighted by Crippen LogP contribution is -2.38. The van der Waals surface area contributed by atoms with Crippen LogP contribution in [0.5, 0.6) is 5.88 Å². The van der Waals surface area contributed by atoms with Crippen LogP contribution in [0.3, 0.4) is 0 Å². The van der Waals surface area contributed by atoms with Gasteiger partial charge in [-0.05, 0) is 44.9 Å². The topological polar surface area (TPSA) is 101 Å². The van der Waals surface area contributed by atoms with Crippen LogP contribution in [0.2, 0.25) is 0 Å². The van der Waals surface area contributed by atoms with Crippen molar-refractivity contribution in [2.75, 3.05) is 48.7 Å². The minimum Gasteiger partial charge on any atom is -0.474 e. The SMILES string of the molecule is Cc1c(F)c(N)cc(-c2nc3c4c(nc(N5CCC5)nc4c2F)NCCNCC[C@H](C)O3)c1C(F)(F)F. The number of nitrogen functional groups attached to an aromatic ring is 1. The fourth-order valence-electron chi connectivity index (χ4n) is 4.50. The summed E-state index contributed by atoms with van der Waals surface area (Å²) in [7, 11) is 0. The van der Waals surface area contributed by atoms with Gasteiger partial charge in [0.05, 0.1) is 17.4 Å². The number of hydrogen-bond acceptors (Lipinski definition) is 8. The summed E-state index contributed by atoms with van der Waals surface area (Å²) in [6.07, 6.45) is -3.94. The van der Waals surface area contributed by atoms with Crippen molar-refractivity contribution in [2.24, 2.45) is 0 Å². The average Bonchev–Trinajstić information content (AvgIpc) is 2.82. The van der Waals surface area contributed by atoms with Crippen LogP contribution >= 0.6 is 0 Å². The summed E-state index contributed by atoms with van der Waals surface area (Å²) < 4.78 is 79.0. The number of halogens is 5. The molecule has 0 saturated carbocycles. The number of aromatic nitrogens is 3. The van der Waals surface area contributed by atoms with Crippen LogP contribution in [0.25, 0.3) is 22.2 Å². The van der Waals surface area contributed by atoms with Gasteiger partial charge in [0.1, 0.15) is 28.2 Å². The van der Waals surface area contributed by atoms with Crippen molar-refractivity contribution in [3.8, 4) is 17.1 Å². The fraction of sp³-hybridized carbons (Fsp3) is 0.458. The minimum atomic E-state index is -5.00. The molecule has 0 amide bonds. The van der Waals surface area contributed by atoms with E-state index >= 15 is 4.39 Å². The second-order valence-electron chi connectivity index (χ2n) is 9.23. The van der Waals surface area contributed by atoms with Crippen molar-refractivity contribution in [3.63, 3.8) is 0 Å². The molecule has 1 saturated heterocycles. The molecule has 4 heterocycles. The van der Waals surface area contributed by atoms with E-state index in [-0.39, 0.29) is 28.5 Å². The Hall–Kier alpha value is -3.48. The highest BCUT2D eigenvalue weighted by Crippen LogP contribution is 2.44. The summed E-state index contributed by atoms with van der Waals surface area (Å²) in [6.45, 7) is 5.73. The number of hydrogen-bond donors (Lipinski definition) is 3. The van der Waals surface area contributed by atoms with E-state index in [9.17, 15) is 17.6 Å². The van der Waals surface area contributed by atoms with E-state index < -0.39 is 52.0 Å². The van der Waals surface area contributed by atoms with Crippen LogP contribution in [-0.2, 0) is 6.18 Å². The lowest BCUT2D eigenvalue weighted by molar-refractivity contribution is -0.137. The molecule has 0 aliphatic carbocycles.